The second kappa shape index (κ2) is 4.87. The van der Waals surface area contributed by atoms with E-state index >= 15 is 0 Å². The second-order valence-electron chi connectivity index (χ2n) is 6.73. The molecular weight excluding hydrogens is 214 g/mol. The van der Waals surface area contributed by atoms with Crippen LogP contribution in [0.3, 0.4) is 0 Å². The van der Waals surface area contributed by atoms with E-state index in [1.54, 1.807) is 0 Å². The monoisotopic (exact) mass is 241 g/mol. The van der Waals surface area contributed by atoms with Crippen LogP contribution in [0.4, 0.5) is 0 Å². The molecule has 0 bridgehead atoms. The van der Waals surface area contributed by atoms with Crippen LogP contribution in [-0.4, -0.2) is 30.5 Å². The van der Waals surface area contributed by atoms with Gasteiger partial charge < -0.3 is 15.2 Å². The molecule has 3 nitrogen and oxygen atoms in total. The van der Waals surface area contributed by atoms with Crippen LogP contribution in [-0.2, 0) is 9.47 Å². The third-order valence-electron chi connectivity index (χ3n) is 4.11. The lowest BCUT2D eigenvalue weighted by Gasteiger charge is -2.48. The Labute approximate surface area is 105 Å². The first-order valence-electron chi connectivity index (χ1n) is 6.94. The first-order chi connectivity index (χ1) is 7.90. The van der Waals surface area contributed by atoms with Crippen molar-refractivity contribution in [2.24, 2.45) is 11.7 Å². The van der Waals surface area contributed by atoms with Crippen LogP contribution in [0.5, 0.6) is 0 Å². The number of rotatable bonds is 3. The number of hydrogen-bond acceptors (Lipinski definition) is 3. The summed E-state index contributed by atoms with van der Waals surface area (Å²) >= 11 is 0. The van der Waals surface area contributed by atoms with Gasteiger partial charge in [0.25, 0.3) is 0 Å². The van der Waals surface area contributed by atoms with E-state index in [2.05, 4.69) is 20.8 Å². The molecule has 2 unspecified atom stereocenters. The van der Waals surface area contributed by atoms with Gasteiger partial charge in [-0.1, -0.05) is 0 Å². The summed E-state index contributed by atoms with van der Waals surface area (Å²) in [5, 5.41) is 0. The van der Waals surface area contributed by atoms with Gasteiger partial charge in [0.1, 0.15) is 0 Å². The van der Waals surface area contributed by atoms with Gasteiger partial charge in [-0.05, 0) is 58.8 Å². The SMILES string of the molecule is CC(C)(C)OCC(N)C1CCOC2(CCC2)C1. The molecule has 17 heavy (non-hydrogen) atoms. The molecule has 1 aliphatic carbocycles. The van der Waals surface area contributed by atoms with Crippen LogP contribution in [0, 0.1) is 5.92 Å². The summed E-state index contributed by atoms with van der Waals surface area (Å²) < 4.78 is 11.7. The van der Waals surface area contributed by atoms with Gasteiger partial charge in [0, 0.05) is 12.6 Å². The van der Waals surface area contributed by atoms with E-state index < -0.39 is 0 Å². The summed E-state index contributed by atoms with van der Waals surface area (Å²) in [5.74, 6) is 0.575. The van der Waals surface area contributed by atoms with E-state index in [0.717, 1.165) is 19.4 Å². The van der Waals surface area contributed by atoms with Crippen molar-refractivity contribution in [3.05, 3.63) is 0 Å². The summed E-state index contributed by atoms with van der Waals surface area (Å²) in [6, 6.07) is 0.163. The zero-order valence-corrected chi connectivity index (χ0v) is 11.5. The van der Waals surface area contributed by atoms with Crippen LogP contribution in [0.1, 0.15) is 52.9 Å². The molecule has 0 aromatic carbocycles. The zero-order chi connectivity index (χ0) is 12.5. The number of ether oxygens (including phenoxy) is 2. The minimum absolute atomic E-state index is 0.0864. The molecule has 1 saturated carbocycles. The second-order valence-corrected chi connectivity index (χ2v) is 6.73. The average molecular weight is 241 g/mol. The van der Waals surface area contributed by atoms with E-state index in [1.165, 1.54) is 19.3 Å². The maximum Gasteiger partial charge on any atom is 0.0685 e. The molecule has 1 spiro atoms. The standard InChI is InChI=1S/C14H27NO2/c1-13(2,3)17-10-12(15)11-5-8-16-14(9-11)6-4-7-14/h11-12H,4-10,15H2,1-3H3. The van der Waals surface area contributed by atoms with Gasteiger partial charge in [0.2, 0.25) is 0 Å². The lowest BCUT2D eigenvalue weighted by molar-refractivity contribution is -0.149. The highest BCUT2D eigenvalue weighted by Gasteiger charge is 2.43. The van der Waals surface area contributed by atoms with Crippen LogP contribution >= 0.6 is 0 Å². The van der Waals surface area contributed by atoms with Crippen molar-refractivity contribution in [2.45, 2.75) is 70.1 Å². The topological polar surface area (TPSA) is 44.5 Å². The van der Waals surface area contributed by atoms with E-state index in [-0.39, 0.29) is 17.2 Å². The molecule has 2 fully saturated rings. The molecular formula is C14H27NO2. The Morgan fingerprint density at radius 1 is 1.41 bits per heavy atom. The third-order valence-corrected chi connectivity index (χ3v) is 4.11. The highest BCUT2D eigenvalue weighted by Crippen LogP contribution is 2.44. The van der Waals surface area contributed by atoms with Crippen molar-refractivity contribution in [2.75, 3.05) is 13.2 Å². The maximum absolute atomic E-state index is 6.27. The smallest absolute Gasteiger partial charge is 0.0685 e. The van der Waals surface area contributed by atoms with E-state index in [0.29, 0.717) is 12.5 Å². The van der Waals surface area contributed by atoms with Crippen LogP contribution in [0.2, 0.25) is 0 Å². The van der Waals surface area contributed by atoms with Crippen molar-refractivity contribution in [1.82, 2.24) is 0 Å². The van der Waals surface area contributed by atoms with Gasteiger partial charge in [-0.25, -0.2) is 0 Å². The van der Waals surface area contributed by atoms with Crippen LogP contribution in [0.25, 0.3) is 0 Å². The molecule has 1 aliphatic heterocycles. The fourth-order valence-electron chi connectivity index (χ4n) is 2.83. The molecule has 2 atom stereocenters. The molecule has 2 rings (SSSR count). The first-order valence-corrected chi connectivity index (χ1v) is 6.94. The molecule has 1 saturated heterocycles. The van der Waals surface area contributed by atoms with Crippen molar-refractivity contribution in [3.8, 4) is 0 Å². The Balaban J connectivity index is 1.80. The molecule has 0 aromatic rings. The Morgan fingerprint density at radius 2 is 2.12 bits per heavy atom. The van der Waals surface area contributed by atoms with Gasteiger partial charge >= 0.3 is 0 Å². The Morgan fingerprint density at radius 3 is 2.65 bits per heavy atom. The minimum atomic E-state index is -0.0864. The number of nitrogens with two attached hydrogens (primary N) is 1. The van der Waals surface area contributed by atoms with Crippen LogP contribution in [0.15, 0.2) is 0 Å². The number of hydrogen-bond donors (Lipinski definition) is 1. The Bertz CT molecular complexity index is 255. The summed E-state index contributed by atoms with van der Waals surface area (Å²) in [6.07, 6.45) is 6.02. The molecule has 3 heteroatoms. The van der Waals surface area contributed by atoms with E-state index in [1.807, 2.05) is 0 Å². The fourth-order valence-corrected chi connectivity index (χ4v) is 2.83. The Hall–Kier alpha value is -0.120. The molecule has 100 valence electrons. The lowest BCUT2D eigenvalue weighted by atomic mass is 9.70. The zero-order valence-electron chi connectivity index (χ0n) is 11.5. The van der Waals surface area contributed by atoms with Crippen molar-refractivity contribution in [1.29, 1.82) is 0 Å². The molecule has 2 aliphatic rings. The molecule has 2 N–H and O–H groups in total. The maximum atomic E-state index is 6.27. The quantitative estimate of drug-likeness (QED) is 0.825. The van der Waals surface area contributed by atoms with Crippen molar-refractivity contribution < 1.29 is 9.47 Å². The predicted octanol–water partition coefficient (Wildman–Crippen LogP) is 2.48. The van der Waals surface area contributed by atoms with Gasteiger partial charge in [0.15, 0.2) is 0 Å². The highest BCUT2D eigenvalue weighted by molar-refractivity contribution is 4.96. The Kier molecular flexibility index (Phi) is 3.81. The average Bonchev–Trinajstić information content (AvgIpc) is 2.23. The van der Waals surface area contributed by atoms with Crippen LogP contribution < -0.4 is 5.73 Å². The van der Waals surface area contributed by atoms with Crippen molar-refractivity contribution >= 4 is 0 Å². The third kappa shape index (κ3) is 3.43. The molecule has 0 aromatic heterocycles. The van der Waals surface area contributed by atoms with E-state index in [4.69, 9.17) is 15.2 Å². The highest BCUT2D eigenvalue weighted by atomic mass is 16.5. The summed E-state index contributed by atoms with van der Waals surface area (Å²) in [6.45, 7) is 7.80. The predicted molar refractivity (Wildman–Crippen MR) is 68.9 cm³/mol. The summed E-state index contributed by atoms with van der Waals surface area (Å²) in [4.78, 5) is 0. The largest absolute Gasteiger partial charge is 0.375 e. The minimum Gasteiger partial charge on any atom is -0.375 e. The molecule has 0 radical (unpaired) electrons. The van der Waals surface area contributed by atoms with Gasteiger partial charge in [-0.15, -0.1) is 0 Å². The molecule has 1 heterocycles. The summed E-state index contributed by atoms with van der Waals surface area (Å²) in [5.41, 5.74) is 6.39. The van der Waals surface area contributed by atoms with Gasteiger partial charge in [0.05, 0.1) is 17.8 Å². The van der Waals surface area contributed by atoms with E-state index in [9.17, 15) is 0 Å². The summed E-state index contributed by atoms with van der Waals surface area (Å²) in [7, 11) is 0. The fraction of sp³-hybridized carbons (Fsp3) is 1.00. The first kappa shape index (κ1) is 13.3. The lowest BCUT2D eigenvalue weighted by Crippen LogP contribution is -2.50. The molecule has 0 amide bonds. The van der Waals surface area contributed by atoms with Gasteiger partial charge in [-0.2, -0.15) is 0 Å². The normalized spacial score (nSPS) is 30.0. The van der Waals surface area contributed by atoms with Crippen molar-refractivity contribution in [3.63, 3.8) is 0 Å². The van der Waals surface area contributed by atoms with Gasteiger partial charge in [-0.3, -0.25) is 0 Å².